The lowest BCUT2D eigenvalue weighted by Gasteiger charge is -2.28. The zero-order valence-corrected chi connectivity index (χ0v) is 28.3. The number of nitrogens with zero attached hydrogens (tertiary/aromatic N) is 3. The van der Waals surface area contributed by atoms with Crippen molar-refractivity contribution in [2.24, 2.45) is 0 Å². The van der Waals surface area contributed by atoms with Crippen molar-refractivity contribution in [2.75, 3.05) is 31.0 Å². The van der Waals surface area contributed by atoms with Crippen LogP contribution in [0, 0.1) is 0 Å². The third-order valence-corrected chi connectivity index (χ3v) is 7.13. The summed E-state index contributed by atoms with van der Waals surface area (Å²) in [5.74, 6) is 2.05. The monoisotopic (exact) mass is 641 g/mol. The summed E-state index contributed by atoms with van der Waals surface area (Å²) in [6, 6.07) is 26.1. The molecule has 4 aromatic rings. The molecule has 0 unspecified atom stereocenters. The highest BCUT2D eigenvalue weighted by atomic mass is 16.6. The minimum atomic E-state index is -0.702. The van der Waals surface area contributed by atoms with E-state index < -0.39 is 11.7 Å². The van der Waals surface area contributed by atoms with Crippen LogP contribution in [0.2, 0.25) is 0 Å². The number of ether oxygens (including phenoxy) is 4. The lowest BCUT2D eigenvalue weighted by atomic mass is 10.1. The highest BCUT2D eigenvalue weighted by Crippen LogP contribution is 2.33. The Morgan fingerprint density at radius 1 is 0.787 bits per heavy atom. The lowest BCUT2D eigenvalue weighted by Crippen LogP contribution is -2.31. The maximum atomic E-state index is 13.3. The third kappa shape index (κ3) is 11.2. The minimum Gasteiger partial charge on any atom is -0.497 e. The molecule has 1 heterocycles. The molecule has 0 aliphatic heterocycles. The standard InChI is InChI=1S/C37H47N5O5/c1-7-8-22-46-35-39-32(24-38-23-27-12-10-9-11-13-27)33(40-36(43)47-37(2,3)4)34(41-35)42(25-28-14-18-30(44-5)19-15-28)26-29-16-20-31(45-6)21-17-29/h9-21,38H,7-8,22-26H2,1-6H3,(H,40,43). The Kier molecular flexibility index (Phi) is 12.8. The van der Waals surface area contributed by atoms with Gasteiger partial charge in [-0.05, 0) is 68.1 Å². The smallest absolute Gasteiger partial charge is 0.412 e. The van der Waals surface area contributed by atoms with E-state index in [2.05, 4.69) is 34.6 Å². The van der Waals surface area contributed by atoms with Crippen molar-refractivity contribution >= 4 is 17.6 Å². The van der Waals surface area contributed by atoms with Crippen LogP contribution in [0.15, 0.2) is 78.9 Å². The zero-order chi connectivity index (χ0) is 33.6. The molecule has 0 spiro atoms. The van der Waals surface area contributed by atoms with Gasteiger partial charge in [-0.15, -0.1) is 0 Å². The van der Waals surface area contributed by atoms with Gasteiger partial charge in [0.05, 0.1) is 26.5 Å². The molecule has 10 nitrogen and oxygen atoms in total. The molecule has 3 aromatic carbocycles. The molecule has 2 N–H and O–H groups in total. The molecule has 1 amide bonds. The Morgan fingerprint density at radius 3 is 1.91 bits per heavy atom. The van der Waals surface area contributed by atoms with Gasteiger partial charge in [0.2, 0.25) is 0 Å². The van der Waals surface area contributed by atoms with E-state index in [4.69, 9.17) is 28.9 Å². The van der Waals surface area contributed by atoms with Crippen LogP contribution < -0.4 is 29.7 Å². The Balaban J connectivity index is 1.81. The molecule has 0 saturated heterocycles. The molecule has 4 rings (SSSR count). The largest absolute Gasteiger partial charge is 0.497 e. The number of methoxy groups -OCH3 is 2. The molecular weight excluding hydrogens is 594 g/mol. The maximum absolute atomic E-state index is 13.3. The average Bonchev–Trinajstić information content (AvgIpc) is 3.06. The summed E-state index contributed by atoms with van der Waals surface area (Å²) in [7, 11) is 3.29. The van der Waals surface area contributed by atoms with Gasteiger partial charge in [-0.2, -0.15) is 9.97 Å². The number of anilines is 2. The van der Waals surface area contributed by atoms with Gasteiger partial charge in [0.25, 0.3) is 0 Å². The Hall–Kier alpha value is -4.83. The fraction of sp³-hybridized carbons (Fsp3) is 0.378. The first-order chi connectivity index (χ1) is 22.7. The van der Waals surface area contributed by atoms with E-state index >= 15 is 0 Å². The lowest BCUT2D eigenvalue weighted by molar-refractivity contribution is 0.0635. The van der Waals surface area contributed by atoms with Gasteiger partial charge in [-0.1, -0.05) is 67.9 Å². The van der Waals surface area contributed by atoms with Crippen molar-refractivity contribution in [3.05, 3.63) is 101 Å². The van der Waals surface area contributed by atoms with Crippen LogP contribution in [0.1, 0.15) is 62.9 Å². The highest BCUT2D eigenvalue weighted by Gasteiger charge is 2.25. The number of rotatable bonds is 16. The van der Waals surface area contributed by atoms with Gasteiger partial charge in [0.15, 0.2) is 5.82 Å². The minimum absolute atomic E-state index is 0.245. The van der Waals surface area contributed by atoms with Crippen LogP contribution in [0.4, 0.5) is 16.3 Å². The van der Waals surface area contributed by atoms with E-state index in [9.17, 15) is 4.79 Å². The molecule has 0 aliphatic rings. The third-order valence-electron chi connectivity index (χ3n) is 7.13. The average molecular weight is 642 g/mol. The summed E-state index contributed by atoms with van der Waals surface area (Å²) in [5, 5.41) is 6.48. The second-order valence-electron chi connectivity index (χ2n) is 12.1. The normalized spacial score (nSPS) is 11.1. The van der Waals surface area contributed by atoms with Gasteiger partial charge < -0.3 is 29.2 Å². The van der Waals surface area contributed by atoms with Crippen molar-refractivity contribution in [3.8, 4) is 17.5 Å². The predicted molar refractivity (Wildman–Crippen MR) is 185 cm³/mol. The van der Waals surface area contributed by atoms with Crippen LogP contribution in [0.5, 0.6) is 17.5 Å². The van der Waals surface area contributed by atoms with E-state index in [0.717, 1.165) is 41.0 Å². The molecule has 250 valence electrons. The summed E-state index contributed by atoms with van der Waals surface area (Å²) in [6.07, 6.45) is 1.23. The number of amides is 1. The van der Waals surface area contributed by atoms with Gasteiger partial charge in [0.1, 0.15) is 22.8 Å². The molecule has 0 radical (unpaired) electrons. The Labute approximate surface area is 278 Å². The molecule has 0 atom stereocenters. The van der Waals surface area contributed by atoms with E-state index in [1.54, 1.807) is 14.2 Å². The number of hydrogen-bond acceptors (Lipinski definition) is 9. The van der Waals surface area contributed by atoms with Gasteiger partial charge >= 0.3 is 12.1 Å². The van der Waals surface area contributed by atoms with Crippen LogP contribution in [0.25, 0.3) is 0 Å². The van der Waals surface area contributed by atoms with Crippen LogP contribution in [-0.4, -0.2) is 42.5 Å². The summed E-state index contributed by atoms with van der Waals surface area (Å²) >= 11 is 0. The molecule has 10 heteroatoms. The van der Waals surface area contributed by atoms with Crippen molar-refractivity contribution < 1.29 is 23.7 Å². The molecule has 47 heavy (non-hydrogen) atoms. The van der Waals surface area contributed by atoms with Crippen LogP contribution in [-0.2, 0) is 30.9 Å². The first-order valence-corrected chi connectivity index (χ1v) is 16.0. The molecule has 0 saturated carbocycles. The van der Waals surface area contributed by atoms with E-state index in [1.807, 2.05) is 87.5 Å². The van der Waals surface area contributed by atoms with Crippen molar-refractivity contribution in [1.82, 2.24) is 15.3 Å². The molecule has 1 aromatic heterocycles. The van der Waals surface area contributed by atoms with Crippen molar-refractivity contribution in [1.29, 1.82) is 0 Å². The topological polar surface area (TPSA) is 107 Å². The van der Waals surface area contributed by atoms with Crippen LogP contribution in [0.3, 0.4) is 0 Å². The van der Waals surface area contributed by atoms with Crippen molar-refractivity contribution in [2.45, 2.75) is 72.3 Å². The molecule has 0 aliphatic carbocycles. The van der Waals surface area contributed by atoms with Crippen LogP contribution >= 0.6 is 0 Å². The highest BCUT2D eigenvalue weighted by molar-refractivity contribution is 5.90. The van der Waals surface area contributed by atoms with E-state index in [-0.39, 0.29) is 6.01 Å². The maximum Gasteiger partial charge on any atom is 0.412 e. The Morgan fingerprint density at radius 2 is 1.38 bits per heavy atom. The number of hydrogen-bond donors (Lipinski definition) is 2. The van der Waals surface area contributed by atoms with Gasteiger partial charge in [0, 0.05) is 26.2 Å². The summed E-state index contributed by atoms with van der Waals surface area (Å²) < 4.78 is 22.6. The number of carbonyl (C=O) groups is 1. The molecule has 0 bridgehead atoms. The molecular formula is C37H47N5O5. The Bertz CT molecular complexity index is 1490. The number of carbonyl (C=O) groups excluding carboxylic acids is 1. The zero-order valence-electron chi connectivity index (χ0n) is 28.3. The number of aromatic nitrogens is 2. The first-order valence-electron chi connectivity index (χ1n) is 16.0. The summed E-state index contributed by atoms with van der Waals surface area (Å²) in [4.78, 5) is 25.1. The first kappa shape index (κ1) is 35.0. The SMILES string of the molecule is CCCCOc1nc(CNCc2ccccc2)c(NC(=O)OC(C)(C)C)c(N(Cc2ccc(OC)cc2)Cc2ccc(OC)cc2)n1. The fourth-order valence-corrected chi connectivity index (χ4v) is 4.76. The number of unbranched alkanes of at least 4 members (excludes halogenated alkanes) is 1. The molecule has 0 fully saturated rings. The van der Waals surface area contributed by atoms with Crippen molar-refractivity contribution in [3.63, 3.8) is 0 Å². The van der Waals surface area contributed by atoms with Gasteiger partial charge in [-0.3, -0.25) is 5.32 Å². The second-order valence-corrected chi connectivity index (χ2v) is 12.1. The van der Waals surface area contributed by atoms with E-state index in [1.165, 1.54) is 0 Å². The number of benzene rings is 3. The quantitative estimate of drug-likeness (QED) is 0.120. The summed E-state index contributed by atoms with van der Waals surface area (Å²) in [6.45, 7) is 9.97. The fourth-order valence-electron chi connectivity index (χ4n) is 4.76. The second kappa shape index (κ2) is 17.2. The number of nitrogens with one attached hydrogen (secondary N) is 2. The van der Waals surface area contributed by atoms with Gasteiger partial charge in [-0.25, -0.2) is 4.79 Å². The summed E-state index contributed by atoms with van der Waals surface area (Å²) in [5.41, 5.74) is 3.51. The van der Waals surface area contributed by atoms with E-state index in [0.29, 0.717) is 50.0 Å². The predicted octanol–water partition coefficient (Wildman–Crippen LogP) is 7.52.